The van der Waals surface area contributed by atoms with Gasteiger partial charge >= 0.3 is 0 Å². The van der Waals surface area contributed by atoms with Gasteiger partial charge in [0, 0.05) is 90.7 Å². The van der Waals surface area contributed by atoms with Gasteiger partial charge in [-0.1, -0.05) is 72.8 Å². The van der Waals surface area contributed by atoms with Crippen molar-refractivity contribution < 1.29 is 13.3 Å². The highest BCUT2D eigenvalue weighted by atomic mass is 16.3. The van der Waals surface area contributed by atoms with Gasteiger partial charge in [-0.3, -0.25) is 0 Å². The van der Waals surface area contributed by atoms with E-state index in [-0.39, 0.29) is 0 Å². The van der Waals surface area contributed by atoms with Gasteiger partial charge in [0.05, 0.1) is 0 Å². The van der Waals surface area contributed by atoms with Crippen LogP contribution >= 0.6 is 0 Å². The van der Waals surface area contributed by atoms with Gasteiger partial charge in [0.1, 0.15) is 33.5 Å². The Hall–Kier alpha value is -7.24. The van der Waals surface area contributed by atoms with Crippen LogP contribution in [-0.4, -0.2) is 0 Å². The molecule has 0 fully saturated rings. The first-order chi connectivity index (χ1) is 26.2. The molecule has 0 aliphatic carbocycles. The highest BCUT2D eigenvalue weighted by molar-refractivity contribution is 6.09. The SMILES string of the molecule is c1ccc(N(c2ccc3c(c2)oc2ccccc23)c2ccc3c(c2)oc2cc(N(c4ccccc4)c4ccc5c(c4)oc4ccccc45)ccc23)cc1. The molecule has 0 bridgehead atoms. The van der Waals surface area contributed by atoms with E-state index in [9.17, 15) is 0 Å². The zero-order valence-electron chi connectivity index (χ0n) is 28.4. The quantitative estimate of drug-likeness (QED) is 0.175. The van der Waals surface area contributed by atoms with Crippen molar-refractivity contribution >= 4 is 99.9 Å². The first-order valence-corrected chi connectivity index (χ1v) is 17.7. The molecule has 53 heavy (non-hydrogen) atoms. The van der Waals surface area contributed by atoms with Crippen LogP contribution in [0.15, 0.2) is 195 Å². The number of fused-ring (bicyclic) bond motifs is 9. The van der Waals surface area contributed by atoms with Gasteiger partial charge in [-0.25, -0.2) is 0 Å². The lowest BCUT2D eigenvalue weighted by Crippen LogP contribution is -2.09. The Kier molecular flexibility index (Phi) is 6.48. The molecule has 5 nitrogen and oxygen atoms in total. The summed E-state index contributed by atoms with van der Waals surface area (Å²) in [7, 11) is 0. The number of benzene rings is 8. The largest absolute Gasteiger partial charge is 0.456 e. The van der Waals surface area contributed by atoms with Crippen molar-refractivity contribution in [2.45, 2.75) is 0 Å². The first kappa shape index (κ1) is 29.5. The number of hydrogen-bond acceptors (Lipinski definition) is 5. The minimum Gasteiger partial charge on any atom is -0.456 e. The molecular weight excluding hydrogens is 653 g/mol. The third-order valence-electron chi connectivity index (χ3n) is 10.2. The highest BCUT2D eigenvalue weighted by Crippen LogP contribution is 2.43. The van der Waals surface area contributed by atoms with Gasteiger partial charge in [-0.05, 0) is 84.9 Å². The van der Waals surface area contributed by atoms with E-state index < -0.39 is 0 Å². The molecule has 5 heteroatoms. The van der Waals surface area contributed by atoms with Crippen LogP contribution in [0.5, 0.6) is 0 Å². The van der Waals surface area contributed by atoms with E-state index in [1.165, 1.54) is 0 Å². The second-order valence-electron chi connectivity index (χ2n) is 13.4. The fraction of sp³-hybridized carbons (Fsp3) is 0. The first-order valence-electron chi connectivity index (χ1n) is 17.7. The van der Waals surface area contributed by atoms with Crippen LogP contribution in [-0.2, 0) is 0 Å². The van der Waals surface area contributed by atoms with Crippen LogP contribution in [0.4, 0.5) is 34.1 Å². The summed E-state index contributed by atoms with van der Waals surface area (Å²) in [5, 5.41) is 6.55. The fourth-order valence-corrected chi connectivity index (χ4v) is 7.79. The van der Waals surface area contributed by atoms with Crippen molar-refractivity contribution in [3.8, 4) is 0 Å². The van der Waals surface area contributed by atoms with Crippen LogP contribution in [0.25, 0.3) is 65.8 Å². The molecule has 0 amide bonds. The minimum absolute atomic E-state index is 0.815. The lowest BCUT2D eigenvalue weighted by molar-refractivity contribution is 0.668. The third-order valence-corrected chi connectivity index (χ3v) is 10.2. The summed E-state index contributed by atoms with van der Waals surface area (Å²) in [4.78, 5) is 4.49. The molecule has 0 aliphatic rings. The zero-order valence-corrected chi connectivity index (χ0v) is 28.4. The van der Waals surface area contributed by atoms with E-state index in [2.05, 4.69) is 143 Å². The number of rotatable bonds is 6. The normalized spacial score (nSPS) is 11.8. The molecule has 11 rings (SSSR count). The molecule has 0 saturated heterocycles. The standard InChI is InChI=1S/C48H30N2O3/c1-3-11-31(12-4-1)49(33-19-23-39-37-15-7-9-17-43(37)51-45(39)27-33)35-21-25-41-42-26-22-36(30-48(42)53-47(41)29-35)50(32-13-5-2-6-14-32)34-20-24-40-38-16-8-10-18-44(38)52-46(40)28-34/h1-30H. The Morgan fingerprint density at radius 3 is 0.868 bits per heavy atom. The van der Waals surface area contributed by atoms with Gasteiger partial charge in [-0.15, -0.1) is 0 Å². The molecule has 0 atom stereocenters. The number of anilines is 6. The number of para-hydroxylation sites is 4. The Bertz CT molecular complexity index is 2930. The molecule has 0 radical (unpaired) electrons. The molecule has 3 aromatic heterocycles. The molecular formula is C48H30N2O3. The Labute approximate surface area is 304 Å². The second-order valence-corrected chi connectivity index (χ2v) is 13.4. The van der Waals surface area contributed by atoms with Gasteiger partial charge in [0.2, 0.25) is 0 Å². The number of hydrogen-bond donors (Lipinski definition) is 0. The number of furan rings is 3. The average Bonchev–Trinajstić information content (AvgIpc) is 3.89. The molecule has 8 aromatic carbocycles. The third kappa shape index (κ3) is 4.79. The van der Waals surface area contributed by atoms with Crippen LogP contribution < -0.4 is 9.80 Å². The van der Waals surface area contributed by atoms with Crippen molar-refractivity contribution in [3.05, 3.63) is 182 Å². The smallest absolute Gasteiger partial charge is 0.137 e. The van der Waals surface area contributed by atoms with Crippen molar-refractivity contribution in [2.75, 3.05) is 9.80 Å². The summed E-state index contributed by atoms with van der Waals surface area (Å²) >= 11 is 0. The van der Waals surface area contributed by atoms with Gasteiger partial charge in [0.25, 0.3) is 0 Å². The van der Waals surface area contributed by atoms with Crippen molar-refractivity contribution in [1.82, 2.24) is 0 Å². The zero-order chi connectivity index (χ0) is 34.9. The predicted molar refractivity (Wildman–Crippen MR) is 218 cm³/mol. The molecule has 0 aliphatic heterocycles. The van der Waals surface area contributed by atoms with E-state index in [0.717, 1.165) is 99.9 Å². The Balaban J connectivity index is 1.03. The predicted octanol–water partition coefficient (Wildman–Crippen LogP) is 14.3. The molecule has 11 aromatic rings. The molecule has 0 unspecified atom stereocenters. The molecule has 0 saturated carbocycles. The number of nitrogens with zero attached hydrogens (tertiary/aromatic N) is 2. The lowest BCUT2D eigenvalue weighted by atomic mass is 10.1. The van der Waals surface area contributed by atoms with Crippen LogP contribution in [0, 0.1) is 0 Å². The molecule has 3 heterocycles. The van der Waals surface area contributed by atoms with Crippen LogP contribution in [0.1, 0.15) is 0 Å². The van der Waals surface area contributed by atoms with Gasteiger partial charge < -0.3 is 23.1 Å². The maximum Gasteiger partial charge on any atom is 0.137 e. The Morgan fingerprint density at radius 1 is 0.226 bits per heavy atom. The summed E-state index contributed by atoms with van der Waals surface area (Å²) in [6, 6.07) is 63.0. The average molecular weight is 683 g/mol. The van der Waals surface area contributed by atoms with E-state index in [1.807, 2.05) is 48.5 Å². The van der Waals surface area contributed by atoms with Crippen LogP contribution in [0.3, 0.4) is 0 Å². The summed E-state index contributed by atoms with van der Waals surface area (Å²) in [6.07, 6.45) is 0. The summed E-state index contributed by atoms with van der Waals surface area (Å²) in [5.74, 6) is 0. The summed E-state index contributed by atoms with van der Waals surface area (Å²) in [5.41, 5.74) is 11.2. The van der Waals surface area contributed by atoms with Crippen molar-refractivity contribution in [2.24, 2.45) is 0 Å². The second kappa shape index (κ2) is 11.7. The summed E-state index contributed by atoms with van der Waals surface area (Å²) in [6.45, 7) is 0. The molecule has 250 valence electrons. The minimum atomic E-state index is 0.815. The Morgan fingerprint density at radius 2 is 0.509 bits per heavy atom. The topological polar surface area (TPSA) is 45.9 Å². The van der Waals surface area contributed by atoms with E-state index >= 15 is 0 Å². The summed E-state index contributed by atoms with van der Waals surface area (Å²) < 4.78 is 19.3. The van der Waals surface area contributed by atoms with Crippen LogP contribution in [0.2, 0.25) is 0 Å². The molecule has 0 spiro atoms. The van der Waals surface area contributed by atoms with E-state index in [4.69, 9.17) is 13.3 Å². The lowest BCUT2D eigenvalue weighted by Gasteiger charge is -2.25. The van der Waals surface area contributed by atoms with Crippen molar-refractivity contribution in [1.29, 1.82) is 0 Å². The highest BCUT2D eigenvalue weighted by Gasteiger charge is 2.20. The fourth-order valence-electron chi connectivity index (χ4n) is 7.79. The van der Waals surface area contributed by atoms with Gasteiger partial charge in [0.15, 0.2) is 0 Å². The van der Waals surface area contributed by atoms with E-state index in [1.54, 1.807) is 0 Å². The maximum absolute atomic E-state index is 6.71. The van der Waals surface area contributed by atoms with Gasteiger partial charge in [-0.2, -0.15) is 0 Å². The molecule has 0 N–H and O–H groups in total. The maximum atomic E-state index is 6.71. The van der Waals surface area contributed by atoms with Crippen molar-refractivity contribution in [3.63, 3.8) is 0 Å². The van der Waals surface area contributed by atoms with E-state index in [0.29, 0.717) is 0 Å². The monoisotopic (exact) mass is 682 g/mol.